The number of fused-ring (bicyclic) bond motifs is 1. The van der Waals surface area contributed by atoms with E-state index in [1.54, 1.807) is 16.9 Å². The Morgan fingerprint density at radius 1 is 1.28 bits per heavy atom. The van der Waals surface area contributed by atoms with Gasteiger partial charge in [0.25, 0.3) is 5.69 Å². The Bertz CT molecular complexity index is 1210. The van der Waals surface area contributed by atoms with Crippen molar-refractivity contribution in [2.75, 3.05) is 11.1 Å². The second-order valence-corrected chi connectivity index (χ2v) is 6.57. The first-order chi connectivity index (χ1) is 14.1. The van der Waals surface area contributed by atoms with E-state index in [9.17, 15) is 0 Å². The van der Waals surface area contributed by atoms with Crippen molar-refractivity contribution in [2.45, 2.75) is 19.4 Å². The van der Waals surface area contributed by atoms with Crippen LogP contribution in [0.2, 0.25) is 5.15 Å². The van der Waals surface area contributed by atoms with E-state index in [0.717, 1.165) is 5.56 Å². The van der Waals surface area contributed by atoms with Gasteiger partial charge in [-0.05, 0) is 24.6 Å². The Balaban J connectivity index is 1.87. The fraction of sp³-hybridized carbons (Fsp3) is 0.158. The molecule has 0 aromatic carbocycles. The van der Waals surface area contributed by atoms with Gasteiger partial charge in [0.15, 0.2) is 10.8 Å². The van der Waals surface area contributed by atoms with E-state index in [-0.39, 0.29) is 17.5 Å². The number of rotatable bonds is 5. The summed E-state index contributed by atoms with van der Waals surface area (Å²) in [5.41, 5.74) is 8.83. The second-order valence-electron chi connectivity index (χ2n) is 6.19. The Morgan fingerprint density at radius 2 is 2.14 bits per heavy atom. The molecule has 1 atom stereocenters. The van der Waals surface area contributed by atoms with Gasteiger partial charge in [0.2, 0.25) is 0 Å². The molecule has 0 bridgehead atoms. The van der Waals surface area contributed by atoms with Gasteiger partial charge in [-0.2, -0.15) is 5.10 Å². The number of nitrogens with two attached hydrogens (primary N) is 1. The third-order valence-corrected chi connectivity index (χ3v) is 4.70. The van der Waals surface area contributed by atoms with Gasteiger partial charge in [-0.15, -0.1) is 0 Å². The van der Waals surface area contributed by atoms with Crippen LogP contribution in [0.25, 0.3) is 21.9 Å². The van der Waals surface area contributed by atoms with Gasteiger partial charge in [0.1, 0.15) is 23.7 Å². The summed E-state index contributed by atoms with van der Waals surface area (Å²) in [7, 11) is 0. The average Bonchev–Trinajstić information content (AvgIpc) is 3.11. The predicted molar refractivity (Wildman–Crippen MR) is 111 cm³/mol. The average molecular weight is 406 g/mol. The van der Waals surface area contributed by atoms with Crippen LogP contribution in [0.3, 0.4) is 0 Å². The Morgan fingerprint density at radius 3 is 2.86 bits per heavy atom. The minimum Gasteiger partial charge on any atom is -0.392 e. The summed E-state index contributed by atoms with van der Waals surface area (Å²) in [6.45, 7) is 9.41. The van der Waals surface area contributed by atoms with Gasteiger partial charge in [0, 0.05) is 11.8 Å². The predicted octanol–water partition coefficient (Wildman–Crippen LogP) is 3.93. The normalized spacial score (nSPS) is 11.9. The highest BCUT2D eigenvalue weighted by atomic mass is 35.5. The molecule has 0 fully saturated rings. The van der Waals surface area contributed by atoms with E-state index in [2.05, 4.69) is 35.2 Å². The molecule has 4 rings (SSSR count). The van der Waals surface area contributed by atoms with Crippen LogP contribution in [0.5, 0.6) is 0 Å². The van der Waals surface area contributed by atoms with Crippen molar-refractivity contribution in [3.8, 4) is 11.4 Å². The highest BCUT2D eigenvalue weighted by molar-refractivity contribution is 6.29. The molecule has 0 spiro atoms. The monoisotopic (exact) mass is 405 g/mol. The van der Waals surface area contributed by atoms with E-state index < -0.39 is 0 Å². The van der Waals surface area contributed by atoms with Crippen molar-refractivity contribution in [1.82, 2.24) is 29.5 Å². The van der Waals surface area contributed by atoms with E-state index >= 15 is 0 Å². The zero-order valence-electron chi connectivity index (χ0n) is 15.4. The minimum atomic E-state index is -0.227. The number of nitrogens with one attached hydrogen (secondary N) is 1. The van der Waals surface area contributed by atoms with E-state index in [1.807, 2.05) is 31.2 Å². The van der Waals surface area contributed by atoms with Crippen LogP contribution in [-0.4, -0.2) is 29.5 Å². The maximum Gasteiger partial charge on any atom is 0.268 e. The molecule has 0 aliphatic heterocycles. The molecule has 0 radical (unpaired) electrons. The first-order valence-corrected chi connectivity index (χ1v) is 9.20. The quantitative estimate of drug-likeness (QED) is 0.484. The van der Waals surface area contributed by atoms with Crippen LogP contribution >= 0.6 is 11.6 Å². The molecule has 144 valence electrons. The number of imidazole rings is 1. The number of nitrogen functional groups attached to an aromatic ring is 1. The molecule has 0 unspecified atom stereocenters. The highest BCUT2D eigenvalue weighted by Gasteiger charge is 2.22. The lowest BCUT2D eigenvalue weighted by molar-refractivity contribution is 0.735. The molecule has 0 saturated heterocycles. The summed E-state index contributed by atoms with van der Waals surface area (Å²) < 4.78 is 1.56. The number of anilines is 2. The zero-order valence-corrected chi connectivity index (χ0v) is 16.2. The Kier molecular flexibility index (Phi) is 4.93. The molecule has 3 N–H and O–H groups in total. The molecule has 4 heterocycles. The molecule has 0 saturated carbocycles. The molecule has 0 aliphatic carbocycles. The van der Waals surface area contributed by atoms with Gasteiger partial charge < -0.3 is 11.1 Å². The SMILES string of the molecule is [C-]#[N+]c1c(N)ncnc1N[C@@H](CC)c1cc2ncc(Cl)n2nc1-c1ccccn1. The van der Waals surface area contributed by atoms with Crippen molar-refractivity contribution >= 4 is 34.6 Å². The fourth-order valence-electron chi connectivity index (χ4n) is 3.04. The molecule has 0 amide bonds. The molecular formula is C19H16ClN9. The van der Waals surface area contributed by atoms with Crippen molar-refractivity contribution in [2.24, 2.45) is 0 Å². The zero-order chi connectivity index (χ0) is 20.4. The van der Waals surface area contributed by atoms with Crippen LogP contribution in [0.4, 0.5) is 17.3 Å². The summed E-state index contributed by atoms with van der Waals surface area (Å²) in [6.07, 6.45) is 5.27. The lowest BCUT2D eigenvalue weighted by Gasteiger charge is -2.21. The number of halogens is 1. The van der Waals surface area contributed by atoms with Crippen molar-refractivity contribution < 1.29 is 0 Å². The molecule has 10 heteroatoms. The Labute approximate surface area is 171 Å². The van der Waals surface area contributed by atoms with Gasteiger partial charge in [-0.3, -0.25) is 4.98 Å². The van der Waals surface area contributed by atoms with Crippen LogP contribution in [0.15, 0.2) is 43.0 Å². The van der Waals surface area contributed by atoms with Gasteiger partial charge in [-0.25, -0.2) is 24.3 Å². The molecule has 4 aromatic rings. The summed E-state index contributed by atoms with van der Waals surface area (Å²) >= 11 is 6.22. The van der Waals surface area contributed by atoms with Crippen molar-refractivity contribution in [3.05, 3.63) is 65.1 Å². The van der Waals surface area contributed by atoms with E-state index in [4.69, 9.17) is 23.9 Å². The molecule has 0 aliphatic rings. The molecule has 29 heavy (non-hydrogen) atoms. The summed E-state index contributed by atoms with van der Waals surface area (Å²) in [5, 5.41) is 8.39. The van der Waals surface area contributed by atoms with Gasteiger partial charge in [-0.1, -0.05) is 24.6 Å². The second kappa shape index (κ2) is 7.69. The maximum absolute atomic E-state index is 7.39. The minimum absolute atomic E-state index is 0.130. The summed E-state index contributed by atoms with van der Waals surface area (Å²) in [6, 6.07) is 7.29. The van der Waals surface area contributed by atoms with Crippen molar-refractivity contribution in [3.63, 3.8) is 0 Å². The third-order valence-electron chi connectivity index (χ3n) is 4.45. The van der Waals surface area contributed by atoms with Crippen LogP contribution < -0.4 is 11.1 Å². The van der Waals surface area contributed by atoms with Crippen LogP contribution in [0.1, 0.15) is 24.9 Å². The first kappa shape index (κ1) is 18.6. The summed E-state index contributed by atoms with van der Waals surface area (Å²) in [4.78, 5) is 20.3. The van der Waals surface area contributed by atoms with E-state index in [1.165, 1.54) is 6.33 Å². The van der Waals surface area contributed by atoms with E-state index in [0.29, 0.717) is 34.4 Å². The van der Waals surface area contributed by atoms with Gasteiger partial charge in [0.05, 0.1) is 24.5 Å². The van der Waals surface area contributed by atoms with Gasteiger partial charge >= 0.3 is 0 Å². The smallest absolute Gasteiger partial charge is 0.268 e. The lowest BCUT2D eigenvalue weighted by atomic mass is 10.0. The Hall–Kier alpha value is -3.77. The number of hydrogen-bond donors (Lipinski definition) is 2. The maximum atomic E-state index is 7.39. The first-order valence-electron chi connectivity index (χ1n) is 8.82. The standard InChI is InChI=1S/C19H16ClN9/c1-3-12(27-19-17(22-2)18(21)25-10-26-19)11-8-15-24-9-14(20)29(15)28-16(11)13-6-4-5-7-23-13/h4-10,12H,3H2,1H3,(H3,21,25,26,27)/t12-/m0/s1. The molecule has 4 aromatic heterocycles. The molecular weight excluding hydrogens is 390 g/mol. The highest BCUT2D eigenvalue weighted by Crippen LogP contribution is 2.34. The van der Waals surface area contributed by atoms with Crippen LogP contribution in [0, 0.1) is 6.57 Å². The number of nitrogens with zero attached hydrogens (tertiary/aromatic N) is 7. The van der Waals surface area contributed by atoms with Crippen LogP contribution in [-0.2, 0) is 0 Å². The lowest BCUT2D eigenvalue weighted by Crippen LogP contribution is -2.15. The summed E-state index contributed by atoms with van der Waals surface area (Å²) in [5.74, 6) is 0.499. The third kappa shape index (κ3) is 3.41. The number of pyridine rings is 1. The topological polar surface area (TPSA) is 111 Å². The number of hydrogen-bond acceptors (Lipinski definition) is 7. The number of aromatic nitrogens is 6. The van der Waals surface area contributed by atoms with Crippen molar-refractivity contribution in [1.29, 1.82) is 0 Å². The fourth-order valence-corrected chi connectivity index (χ4v) is 3.21. The largest absolute Gasteiger partial charge is 0.392 e. The molecule has 9 nitrogen and oxygen atoms in total.